The molecule has 2 rings (SSSR count). The molecule has 21 heavy (non-hydrogen) atoms. The number of halogens is 2. The van der Waals surface area contributed by atoms with E-state index in [1.807, 2.05) is 11.9 Å². The minimum absolute atomic E-state index is 0.226. The number of nitrogens with one attached hydrogen (secondary N) is 1. The minimum Gasteiger partial charge on any atom is -0.369 e. The van der Waals surface area contributed by atoms with E-state index < -0.39 is 0 Å². The monoisotopic (exact) mass is 352 g/mol. The van der Waals surface area contributed by atoms with Crippen LogP contribution in [0.3, 0.4) is 0 Å². The quantitative estimate of drug-likeness (QED) is 0.857. The van der Waals surface area contributed by atoms with Gasteiger partial charge in [0.15, 0.2) is 0 Å². The van der Waals surface area contributed by atoms with Gasteiger partial charge >= 0.3 is 0 Å². The van der Waals surface area contributed by atoms with E-state index in [2.05, 4.69) is 38.1 Å². The molecule has 1 heterocycles. The van der Waals surface area contributed by atoms with Crippen LogP contribution in [-0.2, 0) is 6.54 Å². The first-order valence-electron chi connectivity index (χ1n) is 6.81. The zero-order valence-corrected chi connectivity index (χ0v) is 13.7. The van der Waals surface area contributed by atoms with Crippen molar-refractivity contribution in [2.45, 2.75) is 19.9 Å². The van der Waals surface area contributed by atoms with Crippen molar-refractivity contribution in [2.75, 3.05) is 23.8 Å². The molecule has 6 heteroatoms. The highest BCUT2D eigenvalue weighted by Gasteiger charge is 2.12. The Morgan fingerprint density at radius 1 is 1.24 bits per heavy atom. The molecule has 0 spiro atoms. The molecule has 1 aromatic carbocycles. The van der Waals surface area contributed by atoms with E-state index in [4.69, 9.17) is 0 Å². The Bertz CT molecular complexity index is 589. The first-order chi connectivity index (χ1) is 10.1. The molecular formula is C15H18BrFN4. The van der Waals surface area contributed by atoms with Crippen LogP contribution in [0.5, 0.6) is 0 Å². The third kappa shape index (κ3) is 4.14. The SMILES string of the molecule is CCCNc1ncnc(N(C)Cc2ccc(F)cc2)c1Br. The third-order valence-electron chi connectivity index (χ3n) is 3.01. The van der Waals surface area contributed by atoms with Crippen LogP contribution in [0.1, 0.15) is 18.9 Å². The van der Waals surface area contributed by atoms with Crippen LogP contribution in [0.2, 0.25) is 0 Å². The van der Waals surface area contributed by atoms with Crippen molar-refractivity contribution in [3.63, 3.8) is 0 Å². The Balaban J connectivity index is 2.14. The van der Waals surface area contributed by atoms with Gasteiger partial charge in [0, 0.05) is 20.1 Å². The molecule has 0 fully saturated rings. The van der Waals surface area contributed by atoms with Gasteiger partial charge < -0.3 is 10.2 Å². The molecule has 0 saturated heterocycles. The normalized spacial score (nSPS) is 10.5. The van der Waals surface area contributed by atoms with Crippen molar-refractivity contribution in [1.82, 2.24) is 9.97 Å². The molecular weight excluding hydrogens is 335 g/mol. The maximum Gasteiger partial charge on any atom is 0.148 e. The fraction of sp³-hybridized carbons (Fsp3) is 0.333. The summed E-state index contributed by atoms with van der Waals surface area (Å²) in [5.41, 5.74) is 1.02. The van der Waals surface area contributed by atoms with Crippen molar-refractivity contribution < 1.29 is 4.39 Å². The van der Waals surface area contributed by atoms with Gasteiger partial charge in [0.05, 0.1) is 0 Å². The van der Waals surface area contributed by atoms with E-state index in [1.54, 1.807) is 18.5 Å². The van der Waals surface area contributed by atoms with Crippen molar-refractivity contribution in [2.24, 2.45) is 0 Å². The molecule has 0 aliphatic carbocycles. The van der Waals surface area contributed by atoms with Crippen molar-refractivity contribution in [3.05, 3.63) is 46.4 Å². The van der Waals surface area contributed by atoms with E-state index in [-0.39, 0.29) is 5.82 Å². The fourth-order valence-electron chi connectivity index (χ4n) is 1.93. The maximum atomic E-state index is 12.9. The summed E-state index contributed by atoms with van der Waals surface area (Å²) in [5.74, 6) is 1.36. The predicted molar refractivity (Wildman–Crippen MR) is 87.0 cm³/mol. The summed E-state index contributed by atoms with van der Waals surface area (Å²) >= 11 is 3.55. The zero-order chi connectivity index (χ0) is 15.2. The Kier molecular flexibility index (Phi) is 5.50. The highest BCUT2D eigenvalue weighted by Crippen LogP contribution is 2.29. The predicted octanol–water partition coefficient (Wildman–Crippen LogP) is 3.84. The summed E-state index contributed by atoms with van der Waals surface area (Å²) in [4.78, 5) is 10.5. The smallest absolute Gasteiger partial charge is 0.148 e. The van der Waals surface area contributed by atoms with Gasteiger partial charge in [-0.05, 0) is 40.0 Å². The van der Waals surface area contributed by atoms with Gasteiger partial charge in [-0.1, -0.05) is 19.1 Å². The number of benzene rings is 1. The summed E-state index contributed by atoms with van der Waals surface area (Å²) in [7, 11) is 1.94. The molecule has 0 bridgehead atoms. The van der Waals surface area contributed by atoms with E-state index in [0.29, 0.717) is 6.54 Å². The Hall–Kier alpha value is -1.69. The highest BCUT2D eigenvalue weighted by atomic mass is 79.9. The molecule has 112 valence electrons. The number of nitrogens with zero attached hydrogens (tertiary/aromatic N) is 3. The number of rotatable bonds is 6. The Morgan fingerprint density at radius 3 is 2.62 bits per heavy atom. The second kappa shape index (κ2) is 7.36. The van der Waals surface area contributed by atoms with Crippen LogP contribution in [0.25, 0.3) is 0 Å². The van der Waals surface area contributed by atoms with E-state index >= 15 is 0 Å². The molecule has 1 aromatic heterocycles. The highest BCUT2D eigenvalue weighted by molar-refractivity contribution is 9.10. The van der Waals surface area contributed by atoms with Crippen molar-refractivity contribution >= 4 is 27.6 Å². The maximum absolute atomic E-state index is 12.9. The summed E-state index contributed by atoms with van der Waals surface area (Å²) in [5, 5.41) is 3.25. The van der Waals surface area contributed by atoms with Crippen LogP contribution in [0, 0.1) is 5.82 Å². The van der Waals surface area contributed by atoms with E-state index in [9.17, 15) is 4.39 Å². The molecule has 0 saturated carbocycles. The molecule has 0 radical (unpaired) electrons. The second-order valence-corrected chi connectivity index (χ2v) is 5.56. The first-order valence-corrected chi connectivity index (χ1v) is 7.61. The largest absolute Gasteiger partial charge is 0.369 e. The number of hydrogen-bond acceptors (Lipinski definition) is 4. The summed E-state index contributed by atoms with van der Waals surface area (Å²) in [6.45, 7) is 3.60. The molecule has 1 N–H and O–H groups in total. The van der Waals surface area contributed by atoms with Gasteiger partial charge in [-0.15, -0.1) is 0 Å². The lowest BCUT2D eigenvalue weighted by molar-refractivity contribution is 0.627. The summed E-state index contributed by atoms with van der Waals surface area (Å²) < 4.78 is 13.8. The zero-order valence-electron chi connectivity index (χ0n) is 12.1. The summed E-state index contributed by atoms with van der Waals surface area (Å²) in [6, 6.07) is 6.48. The number of anilines is 2. The number of aromatic nitrogens is 2. The van der Waals surface area contributed by atoms with Crippen LogP contribution < -0.4 is 10.2 Å². The average molecular weight is 353 g/mol. The fourth-order valence-corrected chi connectivity index (χ4v) is 2.58. The molecule has 0 amide bonds. The van der Waals surface area contributed by atoms with Gasteiger partial charge in [-0.25, -0.2) is 14.4 Å². The Morgan fingerprint density at radius 2 is 1.95 bits per heavy atom. The van der Waals surface area contributed by atoms with Gasteiger partial charge in [0.1, 0.15) is 28.3 Å². The van der Waals surface area contributed by atoms with E-state index in [0.717, 1.165) is 34.6 Å². The molecule has 2 aromatic rings. The molecule has 0 unspecified atom stereocenters. The molecule has 0 atom stereocenters. The van der Waals surface area contributed by atoms with Gasteiger partial charge in [0.2, 0.25) is 0 Å². The molecule has 0 aliphatic heterocycles. The van der Waals surface area contributed by atoms with Crippen molar-refractivity contribution in [1.29, 1.82) is 0 Å². The average Bonchev–Trinajstić information content (AvgIpc) is 2.48. The number of hydrogen-bond donors (Lipinski definition) is 1. The first kappa shape index (κ1) is 15.7. The minimum atomic E-state index is -0.226. The standard InChI is InChI=1S/C15H18BrFN4/c1-3-8-18-14-13(16)15(20-10-19-14)21(2)9-11-4-6-12(17)7-5-11/h4-7,10H,3,8-9H2,1-2H3,(H,18,19,20). The second-order valence-electron chi connectivity index (χ2n) is 4.77. The van der Waals surface area contributed by atoms with Crippen LogP contribution in [-0.4, -0.2) is 23.6 Å². The lowest BCUT2D eigenvalue weighted by Gasteiger charge is -2.20. The molecule has 0 aliphatic rings. The van der Waals surface area contributed by atoms with E-state index in [1.165, 1.54) is 12.1 Å². The molecule has 4 nitrogen and oxygen atoms in total. The third-order valence-corrected chi connectivity index (χ3v) is 3.74. The van der Waals surface area contributed by atoms with Gasteiger partial charge in [-0.2, -0.15) is 0 Å². The van der Waals surface area contributed by atoms with Gasteiger partial charge in [-0.3, -0.25) is 0 Å². The van der Waals surface area contributed by atoms with Crippen LogP contribution in [0.4, 0.5) is 16.0 Å². The van der Waals surface area contributed by atoms with Crippen LogP contribution in [0.15, 0.2) is 35.1 Å². The van der Waals surface area contributed by atoms with Crippen LogP contribution >= 0.6 is 15.9 Å². The van der Waals surface area contributed by atoms with Crippen molar-refractivity contribution in [3.8, 4) is 0 Å². The van der Waals surface area contributed by atoms with Gasteiger partial charge in [0.25, 0.3) is 0 Å². The Labute approximate surface area is 132 Å². The lowest BCUT2D eigenvalue weighted by Crippen LogP contribution is -2.19. The lowest BCUT2D eigenvalue weighted by atomic mass is 10.2. The summed E-state index contributed by atoms with van der Waals surface area (Å²) in [6.07, 6.45) is 2.57. The topological polar surface area (TPSA) is 41.1 Å².